The first-order chi connectivity index (χ1) is 44.2. The van der Waals surface area contributed by atoms with Crippen LogP contribution in [0.15, 0.2) is 115 Å². The number of esters is 4. The minimum absolute atomic E-state index is 0. The van der Waals surface area contributed by atoms with Crippen molar-refractivity contribution >= 4 is 133 Å². The average Bonchev–Trinajstić information content (AvgIpc) is 0.824. The van der Waals surface area contributed by atoms with Gasteiger partial charge in [-0.3, -0.25) is 49.5 Å². The largest absolute Gasteiger partial charge is 1.00 e. The van der Waals surface area contributed by atoms with Gasteiger partial charge in [-0.15, -0.1) is 0 Å². The molecule has 3 aliphatic rings. The van der Waals surface area contributed by atoms with Crippen molar-refractivity contribution in [3.8, 4) is 0 Å². The number of benzene rings is 5. The fourth-order valence-electron chi connectivity index (χ4n) is 7.99. The Morgan fingerprint density at radius 3 is 1.27 bits per heavy atom. The summed E-state index contributed by atoms with van der Waals surface area (Å²) in [6.07, 6.45) is 2.56. The van der Waals surface area contributed by atoms with Crippen molar-refractivity contribution in [1.29, 1.82) is 0 Å². The van der Waals surface area contributed by atoms with E-state index >= 15 is 0 Å². The Kier molecular flexibility index (Phi) is 45.1. The number of carbonyl (C=O) groups is 4. The van der Waals surface area contributed by atoms with E-state index in [9.17, 15) is 64.1 Å². The standard InChI is InChI=1S/C14H16BrNO6.C10H12BrNO4.C10H12BrNO.C10H13NO.C8H14O4.C6H3BrFNO2.C4H8O.C2H6O.Al.Li.4H/c1-4-21-12(17)14(3,13(18)22-5-2)10-7-6-9(16(19)20)8-11(10)15;1-10(5-13,6-14)8-3-2-7(12(15)16)4-9(8)11;1-10(5-13-6-10)8-3-2-7(12)4-9(8)11;1-10(6-12-7-10)8-2-4-9(11)5-3-8;1-4-11-7(9)6(3)8(10)12-5-2;7-5-3-4(9(10)11)1-2-6(5)8;1-2-4-5-3-1;1-2-3;;;;;;/h6-8H,4-5H2,1-3H3;2-4,13-14H,5-6H2,1H3;2-4H,5-6,12H2,1H3;2-5H,6-7,11H2,1H3;6H,4-5H2,1-3H3;1-3H;1-4H2;3H,2H2,1H3;;;;;;/q;;;;;;;;;+1;;;;-1. The van der Waals surface area contributed by atoms with Gasteiger partial charge >= 0.3 is 42.7 Å². The topological polar surface area (TPSA) is 375 Å². The summed E-state index contributed by atoms with van der Waals surface area (Å²) in [7, 11) is 0. The van der Waals surface area contributed by atoms with E-state index in [0.717, 1.165) is 73.7 Å². The molecule has 0 aromatic heterocycles. The molecule has 528 valence electrons. The number of nitrogens with two attached hydrogens (primary N) is 2. The van der Waals surface area contributed by atoms with E-state index in [1.54, 1.807) is 41.5 Å². The Labute approximate surface area is 616 Å². The number of halogens is 5. The van der Waals surface area contributed by atoms with Crippen LogP contribution in [-0.2, 0) is 74.0 Å². The molecule has 7 N–H and O–H groups in total. The molecule has 3 aliphatic heterocycles. The number of nitro benzene ring substituents is 3. The van der Waals surface area contributed by atoms with Crippen LogP contribution in [0, 0.1) is 42.1 Å². The van der Waals surface area contributed by atoms with Crippen LogP contribution in [0.3, 0.4) is 0 Å². The van der Waals surface area contributed by atoms with E-state index in [2.05, 4.69) is 105 Å². The van der Waals surface area contributed by atoms with Crippen molar-refractivity contribution in [2.45, 2.75) is 104 Å². The number of ether oxygens (including phenoxy) is 7. The monoisotopic (exact) mass is 1620 g/mol. The van der Waals surface area contributed by atoms with Gasteiger partial charge in [0, 0.05) is 97.3 Å². The maximum atomic E-state index is 12.5. The quantitative estimate of drug-likeness (QED) is 0.0111. The maximum absolute atomic E-state index is 12.5. The van der Waals surface area contributed by atoms with Crippen LogP contribution in [-0.4, -0.2) is 157 Å². The molecule has 0 radical (unpaired) electrons. The van der Waals surface area contributed by atoms with Crippen molar-refractivity contribution in [2.75, 3.05) is 97.4 Å². The third kappa shape index (κ3) is 29.5. The molecule has 8 rings (SSSR count). The van der Waals surface area contributed by atoms with Crippen molar-refractivity contribution in [3.05, 3.63) is 173 Å². The Morgan fingerprint density at radius 1 is 0.583 bits per heavy atom. The molecule has 0 amide bonds. The number of anilines is 2. The average molecular weight is 1620 g/mol. The molecule has 3 heterocycles. The maximum Gasteiger partial charge on any atom is 1.00 e. The Balaban J connectivity index is -0.00000107. The molecule has 5 aromatic carbocycles. The van der Waals surface area contributed by atoms with Gasteiger partial charge in [0.25, 0.3) is 17.1 Å². The normalized spacial score (nSPS) is 13.3. The van der Waals surface area contributed by atoms with Crippen molar-refractivity contribution in [3.63, 3.8) is 0 Å². The molecule has 32 heteroatoms. The number of hydrogen-bond donors (Lipinski definition) is 5. The van der Waals surface area contributed by atoms with E-state index in [1.807, 2.05) is 24.3 Å². The summed E-state index contributed by atoms with van der Waals surface area (Å²) in [6.45, 7) is 23.0. The second-order valence-corrected chi connectivity index (χ2v) is 24.9. The van der Waals surface area contributed by atoms with Gasteiger partial charge < -0.3 is 61.4 Å². The van der Waals surface area contributed by atoms with Gasteiger partial charge in [-0.25, -0.2) is 4.39 Å². The predicted octanol–water partition coefficient (Wildman–Crippen LogP) is 8.19. The molecule has 0 unspecified atom stereocenters. The van der Waals surface area contributed by atoms with Crippen LogP contribution in [0.2, 0.25) is 0 Å². The fourth-order valence-corrected chi connectivity index (χ4v) is 10.8. The molecule has 3 fully saturated rings. The summed E-state index contributed by atoms with van der Waals surface area (Å²) in [6, 6.07) is 25.3. The van der Waals surface area contributed by atoms with Crippen LogP contribution >= 0.6 is 63.7 Å². The van der Waals surface area contributed by atoms with Gasteiger partial charge in [0.15, 0.2) is 28.7 Å². The second kappa shape index (κ2) is 46.7. The number of non-ortho nitro benzene ring substituents is 3. The molecular weight excluding hydrogens is 1530 g/mol. The zero-order valence-corrected chi connectivity index (χ0v) is 61.4. The Morgan fingerprint density at radius 2 is 0.958 bits per heavy atom. The molecule has 25 nitrogen and oxygen atoms in total. The summed E-state index contributed by atoms with van der Waals surface area (Å²) < 4.78 is 49.0. The van der Waals surface area contributed by atoms with E-state index in [1.165, 1.54) is 74.2 Å². The number of aliphatic hydroxyl groups is 3. The predicted molar refractivity (Wildman–Crippen MR) is 377 cm³/mol. The van der Waals surface area contributed by atoms with Crippen LogP contribution in [0.4, 0.5) is 32.8 Å². The zero-order chi connectivity index (χ0) is 71.6. The zero-order valence-electron chi connectivity index (χ0n) is 56.1. The molecule has 5 aromatic rings. The van der Waals surface area contributed by atoms with Gasteiger partial charge in [0.1, 0.15) is 5.82 Å². The number of nitro groups is 3. The van der Waals surface area contributed by atoms with Crippen LogP contribution in [0.1, 0.15) is 106 Å². The Bertz CT molecular complexity index is 3220. The molecule has 0 bridgehead atoms. The summed E-state index contributed by atoms with van der Waals surface area (Å²) in [5.74, 6) is -3.93. The van der Waals surface area contributed by atoms with E-state index in [4.69, 9.17) is 40.3 Å². The van der Waals surface area contributed by atoms with Crippen molar-refractivity contribution < 1.29 is 107 Å². The summed E-state index contributed by atoms with van der Waals surface area (Å²) in [5, 5.41) is 57.5. The molecule has 0 atom stereocenters. The first-order valence-corrected chi connectivity index (χ1v) is 32.5. The molecular formula is C64H88AlBr4FLiN5O20. The summed E-state index contributed by atoms with van der Waals surface area (Å²) >= 11 is 12.7. The van der Waals surface area contributed by atoms with Crippen LogP contribution in [0.25, 0.3) is 0 Å². The smallest absolute Gasteiger partial charge is 1.00 e. The Hall–Kier alpha value is -5.48. The third-order valence-corrected chi connectivity index (χ3v) is 16.3. The van der Waals surface area contributed by atoms with E-state index in [-0.39, 0.29) is 126 Å². The van der Waals surface area contributed by atoms with Crippen molar-refractivity contribution in [2.24, 2.45) is 5.92 Å². The SMILES string of the molecule is C1CCOC1.CC(CO)(CO)c1ccc([N+](=O)[O-])cc1Br.CC1(c2ccc(N)cc2)COC1.CC1(c2ccc(N)cc2Br)COC1.CCO.CCOC(=O)C(C)(C(=O)OCC)c1ccc([N+](=O)[O-])cc1Br.CCOC(=O)C(C)C(=O)OCC.O=[N+]([O-])c1ccc(F)c(Br)c1.[AlH3].[H-].[Li+]. The molecule has 0 saturated carbocycles. The second-order valence-electron chi connectivity index (χ2n) is 21.5. The first-order valence-electron chi connectivity index (χ1n) is 29.3. The molecule has 96 heavy (non-hydrogen) atoms. The number of aliphatic hydroxyl groups excluding tert-OH is 3. The first kappa shape index (κ1) is 92.6. The van der Waals surface area contributed by atoms with Gasteiger partial charge in [0.05, 0.1) is 85.3 Å². The number of hydrogen-bond acceptors (Lipinski definition) is 22. The molecule has 0 spiro atoms. The minimum Gasteiger partial charge on any atom is -1.00 e. The van der Waals surface area contributed by atoms with Crippen molar-refractivity contribution in [1.82, 2.24) is 0 Å². The van der Waals surface area contributed by atoms with Crippen LogP contribution in [0.5, 0.6) is 0 Å². The number of nitrogen functional groups attached to an aromatic ring is 2. The van der Waals surface area contributed by atoms with E-state index in [0.29, 0.717) is 10.0 Å². The van der Waals surface area contributed by atoms with Gasteiger partial charge in [0.2, 0.25) is 0 Å². The van der Waals surface area contributed by atoms with Gasteiger partial charge in [-0.1, -0.05) is 92.8 Å². The number of nitrogens with zero attached hydrogens (tertiary/aromatic N) is 3. The molecule has 0 aliphatic carbocycles. The fraction of sp³-hybridized carbons (Fsp3) is 0.469. The molecule has 3 saturated heterocycles. The summed E-state index contributed by atoms with van der Waals surface area (Å²) in [5.41, 5.74) is 13.9. The summed E-state index contributed by atoms with van der Waals surface area (Å²) in [4.78, 5) is 76.2. The number of rotatable bonds is 17. The third-order valence-electron chi connectivity index (χ3n) is 13.7. The minimum atomic E-state index is -1.71. The van der Waals surface area contributed by atoms with E-state index < -0.39 is 61.2 Å². The van der Waals surface area contributed by atoms with Crippen LogP contribution < -0.4 is 30.3 Å². The number of carbonyl (C=O) groups excluding carboxylic acids is 4. The van der Waals surface area contributed by atoms with Gasteiger partial charge in [-0.05, 0) is 136 Å². The van der Waals surface area contributed by atoms with Gasteiger partial charge in [-0.2, -0.15) is 0 Å².